The van der Waals surface area contributed by atoms with E-state index < -0.39 is 0 Å². The van der Waals surface area contributed by atoms with E-state index in [1.54, 1.807) is 0 Å². The molecular formula is C15H19N3. The summed E-state index contributed by atoms with van der Waals surface area (Å²) in [5.74, 6) is 0. The van der Waals surface area contributed by atoms with Crippen LogP contribution in [0.3, 0.4) is 0 Å². The van der Waals surface area contributed by atoms with E-state index in [4.69, 9.17) is 0 Å². The minimum atomic E-state index is 0.330. The SMILES string of the molecule is Cn1cc(CCC2(c3ccccc3)CNC2)cn1. The van der Waals surface area contributed by atoms with E-state index in [2.05, 4.69) is 46.9 Å². The van der Waals surface area contributed by atoms with E-state index in [0.29, 0.717) is 5.41 Å². The minimum Gasteiger partial charge on any atom is -0.315 e. The summed E-state index contributed by atoms with van der Waals surface area (Å²) in [6.45, 7) is 2.19. The summed E-state index contributed by atoms with van der Waals surface area (Å²) in [6, 6.07) is 10.9. The Hall–Kier alpha value is -1.61. The highest BCUT2D eigenvalue weighted by Crippen LogP contribution is 2.33. The molecule has 0 saturated carbocycles. The van der Waals surface area contributed by atoms with Crippen molar-refractivity contribution in [1.82, 2.24) is 15.1 Å². The molecule has 0 atom stereocenters. The van der Waals surface area contributed by atoms with Crippen LogP contribution in [0.1, 0.15) is 17.5 Å². The highest BCUT2D eigenvalue weighted by atomic mass is 15.2. The molecular weight excluding hydrogens is 222 g/mol. The number of rotatable bonds is 4. The first-order valence-electron chi connectivity index (χ1n) is 6.52. The van der Waals surface area contributed by atoms with Crippen LogP contribution in [0.2, 0.25) is 0 Å². The van der Waals surface area contributed by atoms with E-state index in [1.165, 1.54) is 17.5 Å². The largest absolute Gasteiger partial charge is 0.315 e. The van der Waals surface area contributed by atoms with Gasteiger partial charge in [0.15, 0.2) is 0 Å². The average molecular weight is 241 g/mol. The Kier molecular flexibility index (Phi) is 2.92. The summed E-state index contributed by atoms with van der Waals surface area (Å²) >= 11 is 0. The van der Waals surface area contributed by atoms with Crippen LogP contribution in [0, 0.1) is 0 Å². The molecule has 94 valence electrons. The molecule has 1 aromatic heterocycles. The van der Waals surface area contributed by atoms with Gasteiger partial charge in [0.1, 0.15) is 0 Å². The third-order valence-corrected chi connectivity index (χ3v) is 3.96. The number of hydrogen-bond acceptors (Lipinski definition) is 2. The van der Waals surface area contributed by atoms with E-state index >= 15 is 0 Å². The molecule has 1 aliphatic rings. The second kappa shape index (κ2) is 4.58. The van der Waals surface area contributed by atoms with Crippen molar-refractivity contribution in [2.75, 3.05) is 13.1 Å². The number of aryl methyl sites for hydroxylation is 2. The lowest BCUT2D eigenvalue weighted by molar-refractivity contribution is 0.258. The van der Waals surface area contributed by atoms with Crippen LogP contribution in [-0.2, 0) is 18.9 Å². The van der Waals surface area contributed by atoms with Crippen molar-refractivity contribution < 1.29 is 0 Å². The molecule has 1 saturated heterocycles. The molecule has 0 unspecified atom stereocenters. The summed E-state index contributed by atoms with van der Waals surface area (Å²) in [4.78, 5) is 0. The van der Waals surface area contributed by atoms with E-state index in [9.17, 15) is 0 Å². The normalized spacial score (nSPS) is 17.4. The van der Waals surface area contributed by atoms with E-state index in [0.717, 1.165) is 19.5 Å². The second-order valence-electron chi connectivity index (χ2n) is 5.27. The number of nitrogens with zero attached hydrogens (tertiary/aromatic N) is 2. The van der Waals surface area contributed by atoms with Crippen LogP contribution >= 0.6 is 0 Å². The second-order valence-corrected chi connectivity index (χ2v) is 5.27. The minimum absolute atomic E-state index is 0.330. The highest BCUT2D eigenvalue weighted by molar-refractivity contribution is 5.30. The lowest BCUT2D eigenvalue weighted by Crippen LogP contribution is -2.57. The molecule has 3 rings (SSSR count). The average Bonchev–Trinajstić information content (AvgIpc) is 2.75. The van der Waals surface area contributed by atoms with Gasteiger partial charge in [0.25, 0.3) is 0 Å². The van der Waals surface area contributed by atoms with Crippen molar-refractivity contribution in [3.63, 3.8) is 0 Å². The maximum Gasteiger partial charge on any atom is 0.0521 e. The molecule has 1 fully saturated rings. The number of hydrogen-bond donors (Lipinski definition) is 1. The predicted molar refractivity (Wildman–Crippen MR) is 72.5 cm³/mol. The molecule has 3 nitrogen and oxygen atoms in total. The van der Waals surface area contributed by atoms with Crippen LogP contribution in [0.4, 0.5) is 0 Å². The van der Waals surface area contributed by atoms with Gasteiger partial charge in [-0.25, -0.2) is 0 Å². The van der Waals surface area contributed by atoms with E-state index in [1.807, 2.05) is 17.9 Å². The molecule has 3 heteroatoms. The van der Waals surface area contributed by atoms with Crippen molar-refractivity contribution in [3.05, 3.63) is 53.9 Å². The van der Waals surface area contributed by atoms with Gasteiger partial charge in [-0.05, 0) is 24.0 Å². The fourth-order valence-corrected chi connectivity index (χ4v) is 2.73. The van der Waals surface area contributed by atoms with Gasteiger partial charge in [0.05, 0.1) is 6.20 Å². The van der Waals surface area contributed by atoms with Crippen molar-refractivity contribution in [2.24, 2.45) is 7.05 Å². The van der Waals surface area contributed by atoms with Gasteiger partial charge in [0.2, 0.25) is 0 Å². The summed E-state index contributed by atoms with van der Waals surface area (Å²) in [5.41, 5.74) is 3.13. The summed E-state index contributed by atoms with van der Waals surface area (Å²) in [6.07, 6.45) is 6.38. The molecule has 2 heterocycles. The quantitative estimate of drug-likeness (QED) is 0.886. The van der Waals surface area contributed by atoms with Crippen molar-refractivity contribution in [3.8, 4) is 0 Å². The first-order chi connectivity index (χ1) is 8.78. The van der Waals surface area contributed by atoms with Crippen LogP contribution in [0.25, 0.3) is 0 Å². The Morgan fingerprint density at radius 1 is 1.28 bits per heavy atom. The number of aromatic nitrogens is 2. The van der Waals surface area contributed by atoms with Gasteiger partial charge >= 0.3 is 0 Å². The fourth-order valence-electron chi connectivity index (χ4n) is 2.73. The van der Waals surface area contributed by atoms with Gasteiger partial charge in [-0.1, -0.05) is 30.3 Å². The first-order valence-corrected chi connectivity index (χ1v) is 6.52. The van der Waals surface area contributed by atoms with Gasteiger partial charge in [-0.15, -0.1) is 0 Å². The Morgan fingerprint density at radius 3 is 2.61 bits per heavy atom. The zero-order chi connectivity index (χ0) is 12.4. The van der Waals surface area contributed by atoms with Gasteiger partial charge < -0.3 is 5.32 Å². The number of nitrogens with one attached hydrogen (secondary N) is 1. The molecule has 0 radical (unpaired) electrons. The first kappa shape index (κ1) is 11.5. The fraction of sp³-hybridized carbons (Fsp3) is 0.400. The molecule has 1 aromatic carbocycles. The predicted octanol–water partition coefficient (Wildman–Crippen LogP) is 1.89. The Bertz CT molecular complexity index is 512. The van der Waals surface area contributed by atoms with Crippen molar-refractivity contribution >= 4 is 0 Å². The standard InChI is InChI=1S/C15H19N3/c1-18-10-13(9-17-18)7-8-15(11-16-12-15)14-5-3-2-4-6-14/h2-6,9-10,16H,7-8,11-12H2,1H3. The van der Waals surface area contributed by atoms with Crippen LogP contribution < -0.4 is 5.32 Å². The third-order valence-electron chi connectivity index (χ3n) is 3.96. The number of benzene rings is 1. The molecule has 0 amide bonds. The maximum atomic E-state index is 4.23. The summed E-state index contributed by atoms with van der Waals surface area (Å²) < 4.78 is 1.88. The molecule has 0 aliphatic carbocycles. The topological polar surface area (TPSA) is 29.9 Å². The molecule has 2 aromatic rings. The summed E-state index contributed by atoms with van der Waals surface area (Å²) in [5, 5.41) is 7.66. The van der Waals surface area contributed by atoms with Gasteiger partial charge in [-0.3, -0.25) is 4.68 Å². The van der Waals surface area contributed by atoms with E-state index in [-0.39, 0.29) is 0 Å². The van der Waals surface area contributed by atoms with Crippen molar-refractivity contribution in [1.29, 1.82) is 0 Å². The lowest BCUT2D eigenvalue weighted by atomic mass is 9.71. The zero-order valence-corrected chi connectivity index (χ0v) is 10.8. The third kappa shape index (κ3) is 2.06. The molecule has 18 heavy (non-hydrogen) atoms. The summed E-state index contributed by atoms with van der Waals surface area (Å²) in [7, 11) is 1.97. The molecule has 0 spiro atoms. The van der Waals surface area contributed by atoms with Gasteiger partial charge in [-0.2, -0.15) is 5.10 Å². The van der Waals surface area contributed by atoms with Gasteiger partial charge in [0, 0.05) is 31.7 Å². The maximum absolute atomic E-state index is 4.23. The Labute approximate surface area is 108 Å². The van der Waals surface area contributed by atoms with Crippen LogP contribution in [0.5, 0.6) is 0 Å². The lowest BCUT2D eigenvalue weighted by Gasteiger charge is -2.43. The van der Waals surface area contributed by atoms with Crippen LogP contribution in [-0.4, -0.2) is 22.9 Å². The van der Waals surface area contributed by atoms with Crippen LogP contribution in [0.15, 0.2) is 42.7 Å². The molecule has 1 aliphatic heterocycles. The molecule has 0 bridgehead atoms. The Morgan fingerprint density at radius 2 is 2.06 bits per heavy atom. The molecule has 1 N–H and O–H groups in total. The zero-order valence-electron chi connectivity index (χ0n) is 10.8. The van der Waals surface area contributed by atoms with Crippen molar-refractivity contribution in [2.45, 2.75) is 18.3 Å². The monoisotopic (exact) mass is 241 g/mol. The highest BCUT2D eigenvalue weighted by Gasteiger charge is 2.37. The Balaban J connectivity index is 1.73. The smallest absolute Gasteiger partial charge is 0.0521 e.